The van der Waals surface area contributed by atoms with E-state index in [1.54, 1.807) is 19.1 Å². The number of ether oxygens (including phenoxy) is 3. The molecule has 1 heterocycles. The predicted molar refractivity (Wildman–Crippen MR) is 106 cm³/mol. The molecule has 0 spiro atoms. The lowest BCUT2D eigenvalue weighted by Gasteiger charge is -2.31. The van der Waals surface area contributed by atoms with E-state index in [-0.39, 0.29) is 5.97 Å². The average molecular weight is 377 g/mol. The van der Waals surface area contributed by atoms with E-state index in [0.29, 0.717) is 31.6 Å². The molecule has 0 amide bonds. The Labute approximate surface area is 165 Å². The van der Waals surface area contributed by atoms with Crippen molar-refractivity contribution >= 4 is 12.0 Å². The summed E-state index contributed by atoms with van der Waals surface area (Å²) in [6.07, 6.45) is 4.84. The van der Waals surface area contributed by atoms with E-state index >= 15 is 0 Å². The van der Waals surface area contributed by atoms with E-state index in [0.717, 1.165) is 22.6 Å². The second kappa shape index (κ2) is 8.62. The molecule has 0 radical (unpaired) electrons. The van der Waals surface area contributed by atoms with Crippen molar-refractivity contribution in [2.75, 3.05) is 6.61 Å². The minimum atomic E-state index is -0.537. The van der Waals surface area contributed by atoms with Crippen LogP contribution in [-0.4, -0.2) is 18.2 Å². The summed E-state index contributed by atoms with van der Waals surface area (Å²) in [5.74, 6) is 1.30. The van der Waals surface area contributed by atoms with Gasteiger partial charge in [0.15, 0.2) is 0 Å². The second-order valence-electron chi connectivity index (χ2n) is 6.85. The molecule has 144 valence electrons. The molecule has 2 aromatic rings. The number of fused-ring (bicyclic) bond motifs is 1. The molecule has 3 rings (SSSR count). The van der Waals surface area contributed by atoms with Crippen LogP contribution in [0, 0.1) is 11.3 Å². The van der Waals surface area contributed by atoms with Crippen molar-refractivity contribution in [3.8, 4) is 17.6 Å². The minimum Gasteiger partial charge on any atom is -0.489 e. The van der Waals surface area contributed by atoms with Crippen molar-refractivity contribution in [2.45, 2.75) is 38.9 Å². The Hall–Kier alpha value is -3.26. The Morgan fingerprint density at radius 2 is 2.00 bits per heavy atom. The molecule has 0 N–H and O–H groups in total. The van der Waals surface area contributed by atoms with Gasteiger partial charge in [0.05, 0.1) is 18.2 Å². The molecule has 5 nitrogen and oxygen atoms in total. The van der Waals surface area contributed by atoms with Gasteiger partial charge in [-0.25, -0.2) is 0 Å². The summed E-state index contributed by atoms with van der Waals surface area (Å²) in [7, 11) is 0. The van der Waals surface area contributed by atoms with Crippen molar-refractivity contribution in [3.63, 3.8) is 0 Å². The Kier molecular flexibility index (Phi) is 6.00. The number of hydrogen-bond acceptors (Lipinski definition) is 5. The summed E-state index contributed by atoms with van der Waals surface area (Å²) < 4.78 is 17.0. The molecule has 0 aliphatic carbocycles. The first-order chi connectivity index (χ1) is 13.5. The predicted octanol–water partition coefficient (Wildman–Crippen LogP) is 4.64. The van der Waals surface area contributed by atoms with Gasteiger partial charge in [-0.15, -0.1) is 0 Å². The summed E-state index contributed by atoms with van der Waals surface area (Å²) in [4.78, 5) is 11.6. The number of carbonyl (C=O) groups excluding carboxylic acids is 1. The normalized spacial score (nSPS) is 17.2. The highest BCUT2D eigenvalue weighted by molar-refractivity contribution is 5.70. The Balaban J connectivity index is 1.61. The van der Waals surface area contributed by atoms with Crippen LogP contribution in [0.15, 0.2) is 48.5 Å². The SMILES string of the molecule is CCOC(=O)CCC1(C)C=Cc2cc(OCc3ccc(C#N)cc3)ccc2O1. The van der Waals surface area contributed by atoms with Crippen molar-refractivity contribution < 1.29 is 19.0 Å². The van der Waals surface area contributed by atoms with Gasteiger partial charge in [0.2, 0.25) is 0 Å². The molecule has 2 aromatic carbocycles. The first-order valence-corrected chi connectivity index (χ1v) is 9.31. The number of nitriles is 1. The third kappa shape index (κ3) is 4.92. The number of esters is 1. The van der Waals surface area contributed by atoms with Crippen LogP contribution in [-0.2, 0) is 16.1 Å². The van der Waals surface area contributed by atoms with Crippen LogP contribution in [0.3, 0.4) is 0 Å². The van der Waals surface area contributed by atoms with Gasteiger partial charge in [-0.3, -0.25) is 4.79 Å². The van der Waals surface area contributed by atoms with Crippen molar-refractivity contribution in [1.29, 1.82) is 5.26 Å². The number of nitrogens with zero attached hydrogens (tertiary/aromatic N) is 1. The van der Waals surface area contributed by atoms with Gasteiger partial charge < -0.3 is 14.2 Å². The first-order valence-electron chi connectivity index (χ1n) is 9.31. The van der Waals surface area contributed by atoms with Crippen LogP contribution >= 0.6 is 0 Å². The average Bonchev–Trinajstić information content (AvgIpc) is 2.71. The quantitative estimate of drug-likeness (QED) is 0.657. The third-order valence-corrected chi connectivity index (χ3v) is 4.56. The highest BCUT2D eigenvalue weighted by atomic mass is 16.5. The number of rotatable bonds is 7. The van der Waals surface area contributed by atoms with E-state index in [1.807, 2.05) is 49.4 Å². The van der Waals surface area contributed by atoms with Gasteiger partial charge in [-0.05, 0) is 55.8 Å². The number of hydrogen-bond donors (Lipinski definition) is 0. The van der Waals surface area contributed by atoms with Gasteiger partial charge in [0.25, 0.3) is 0 Å². The summed E-state index contributed by atoms with van der Waals surface area (Å²) in [5, 5.41) is 8.85. The monoisotopic (exact) mass is 377 g/mol. The molecule has 1 unspecified atom stereocenters. The maximum absolute atomic E-state index is 11.6. The minimum absolute atomic E-state index is 0.210. The highest BCUT2D eigenvalue weighted by Crippen LogP contribution is 2.35. The largest absolute Gasteiger partial charge is 0.489 e. The van der Waals surface area contributed by atoms with Crippen LogP contribution in [0.4, 0.5) is 0 Å². The van der Waals surface area contributed by atoms with Crippen molar-refractivity contribution in [3.05, 3.63) is 65.2 Å². The third-order valence-electron chi connectivity index (χ3n) is 4.56. The summed E-state index contributed by atoms with van der Waals surface area (Å²) in [6.45, 7) is 4.57. The Morgan fingerprint density at radius 3 is 2.71 bits per heavy atom. The van der Waals surface area contributed by atoms with Crippen LogP contribution in [0.2, 0.25) is 0 Å². The summed E-state index contributed by atoms with van der Waals surface area (Å²) in [6, 6.07) is 15.1. The van der Waals surface area contributed by atoms with E-state index in [1.165, 1.54) is 0 Å². The molecule has 28 heavy (non-hydrogen) atoms. The van der Waals surface area contributed by atoms with Gasteiger partial charge in [-0.1, -0.05) is 18.2 Å². The highest BCUT2D eigenvalue weighted by Gasteiger charge is 2.28. The smallest absolute Gasteiger partial charge is 0.305 e. The molecule has 0 saturated carbocycles. The van der Waals surface area contributed by atoms with Gasteiger partial charge >= 0.3 is 5.97 Å². The van der Waals surface area contributed by atoms with E-state index in [2.05, 4.69) is 6.07 Å². The topological polar surface area (TPSA) is 68.5 Å². The zero-order valence-electron chi connectivity index (χ0n) is 16.1. The Morgan fingerprint density at radius 1 is 1.21 bits per heavy atom. The molecule has 5 heteroatoms. The van der Waals surface area contributed by atoms with Crippen LogP contribution in [0.5, 0.6) is 11.5 Å². The lowest BCUT2D eigenvalue weighted by molar-refractivity contribution is -0.143. The molecule has 0 bridgehead atoms. The molecule has 1 atom stereocenters. The molecule has 0 fully saturated rings. The maximum atomic E-state index is 11.6. The van der Waals surface area contributed by atoms with Gasteiger partial charge in [0.1, 0.15) is 23.7 Å². The fourth-order valence-electron chi connectivity index (χ4n) is 2.95. The summed E-state index contributed by atoms with van der Waals surface area (Å²) >= 11 is 0. The maximum Gasteiger partial charge on any atom is 0.305 e. The summed E-state index contributed by atoms with van der Waals surface area (Å²) in [5.41, 5.74) is 2.02. The lowest BCUT2D eigenvalue weighted by Crippen LogP contribution is -2.32. The van der Waals surface area contributed by atoms with Crippen LogP contribution < -0.4 is 9.47 Å². The zero-order valence-corrected chi connectivity index (χ0v) is 16.1. The van der Waals surface area contributed by atoms with Crippen molar-refractivity contribution in [2.24, 2.45) is 0 Å². The molecule has 0 aromatic heterocycles. The van der Waals surface area contributed by atoms with E-state index < -0.39 is 5.60 Å². The van der Waals surface area contributed by atoms with E-state index in [9.17, 15) is 4.79 Å². The Bertz CT molecular complexity index is 911. The van der Waals surface area contributed by atoms with Crippen LogP contribution in [0.1, 0.15) is 43.4 Å². The molecule has 1 aliphatic rings. The van der Waals surface area contributed by atoms with Crippen molar-refractivity contribution in [1.82, 2.24) is 0 Å². The number of benzene rings is 2. The lowest BCUT2D eigenvalue weighted by atomic mass is 9.95. The standard InChI is InChI=1S/C23H23NO4/c1-3-26-22(25)11-13-23(2)12-10-19-14-20(8-9-21(19)28-23)27-16-18-6-4-17(15-24)5-7-18/h4-10,12,14H,3,11,13,16H2,1-2H3. The molecular weight excluding hydrogens is 354 g/mol. The van der Waals surface area contributed by atoms with E-state index in [4.69, 9.17) is 19.5 Å². The molecule has 1 aliphatic heterocycles. The fourth-order valence-corrected chi connectivity index (χ4v) is 2.95. The van der Waals surface area contributed by atoms with Gasteiger partial charge in [0, 0.05) is 18.4 Å². The van der Waals surface area contributed by atoms with Gasteiger partial charge in [-0.2, -0.15) is 5.26 Å². The zero-order chi connectivity index (χ0) is 20.0. The molecule has 0 saturated heterocycles. The fraction of sp³-hybridized carbons (Fsp3) is 0.304. The number of carbonyl (C=O) groups is 1. The molecular formula is C23H23NO4. The van der Waals surface area contributed by atoms with Crippen LogP contribution in [0.25, 0.3) is 6.08 Å². The second-order valence-corrected chi connectivity index (χ2v) is 6.85. The first kappa shape index (κ1) is 19.5.